The van der Waals surface area contributed by atoms with Crippen molar-refractivity contribution in [3.8, 4) is 11.1 Å². The van der Waals surface area contributed by atoms with Crippen LogP contribution < -0.4 is 0 Å². The second-order valence-electron chi connectivity index (χ2n) is 6.17. The Hall–Kier alpha value is -2.48. The van der Waals surface area contributed by atoms with E-state index in [0.29, 0.717) is 22.3 Å². The lowest BCUT2D eigenvalue weighted by Crippen LogP contribution is -2.00. The zero-order valence-corrected chi connectivity index (χ0v) is 14.2. The molecule has 0 N–H and O–H groups in total. The topological polar surface area (TPSA) is 0 Å². The smallest absolute Gasteiger partial charge is 0.137 e. The predicted octanol–water partition coefficient (Wildman–Crippen LogP) is 6.69. The number of benzene rings is 3. The van der Waals surface area contributed by atoms with Crippen LogP contribution >= 0.6 is 0 Å². The first-order chi connectivity index (χ1) is 11.5. The molecule has 0 radical (unpaired) electrons. The minimum atomic E-state index is -0.547. The molecule has 24 heavy (non-hydrogen) atoms. The molecule has 0 saturated carbocycles. The van der Waals surface area contributed by atoms with Gasteiger partial charge in [0.25, 0.3) is 0 Å². The third-order valence-electron chi connectivity index (χ3n) is 4.56. The molecule has 0 aliphatic rings. The fourth-order valence-corrected chi connectivity index (χ4v) is 3.33. The van der Waals surface area contributed by atoms with Gasteiger partial charge in [-0.2, -0.15) is 0 Å². The van der Waals surface area contributed by atoms with Crippen LogP contribution in [0.5, 0.6) is 0 Å². The second kappa shape index (κ2) is 6.20. The average Bonchev–Trinajstić information content (AvgIpc) is 2.57. The van der Waals surface area contributed by atoms with Crippen LogP contribution in [0.2, 0.25) is 0 Å². The molecule has 0 saturated heterocycles. The monoisotopic (exact) mass is 322 g/mol. The molecular formula is C22H20F2. The van der Waals surface area contributed by atoms with Gasteiger partial charge in [0.15, 0.2) is 0 Å². The van der Waals surface area contributed by atoms with Gasteiger partial charge in [0.1, 0.15) is 11.6 Å². The van der Waals surface area contributed by atoms with Crippen LogP contribution in [0.3, 0.4) is 0 Å². The first-order valence-corrected chi connectivity index (χ1v) is 8.11. The van der Waals surface area contributed by atoms with E-state index in [1.807, 2.05) is 37.3 Å². The SMILES string of the molecule is C=C(C)c1cc(F)c(-c2cccc3cccc(CC)c23)c(F)c1C. The van der Waals surface area contributed by atoms with Crippen LogP contribution in [0, 0.1) is 18.6 Å². The van der Waals surface area contributed by atoms with Gasteiger partial charge >= 0.3 is 0 Å². The Kier molecular flexibility index (Phi) is 4.23. The van der Waals surface area contributed by atoms with Crippen molar-refractivity contribution in [2.24, 2.45) is 0 Å². The van der Waals surface area contributed by atoms with Crippen LogP contribution in [0.25, 0.3) is 27.5 Å². The van der Waals surface area contributed by atoms with E-state index in [9.17, 15) is 4.39 Å². The van der Waals surface area contributed by atoms with Crippen LogP contribution in [-0.4, -0.2) is 0 Å². The fourth-order valence-electron chi connectivity index (χ4n) is 3.33. The summed E-state index contributed by atoms with van der Waals surface area (Å²) in [6.45, 7) is 9.30. The summed E-state index contributed by atoms with van der Waals surface area (Å²) in [4.78, 5) is 0. The summed E-state index contributed by atoms with van der Waals surface area (Å²) in [6.07, 6.45) is 0.806. The molecule has 0 heterocycles. The molecule has 0 amide bonds. The molecular weight excluding hydrogens is 302 g/mol. The minimum absolute atomic E-state index is 0.0454. The van der Waals surface area contributed by atoms with Gasteiger partial charge in [-0.05, 0) is 59.4 Å². The first-order valence-electron chi connectivity index (χ1n) is 8.11. The van der Waals surface area contributed by atoms with Gasteiger partial charge in [0.05, 0.1) is 5.56 Å². The Morgan fingerprint density at radius 1 is 1.08 bits per heavy atom. The molecule has 0 aliphatic heterocycles. The summed E-state index contributed by atoms with van der Waals surface area (Å²) < 4.78 is 29.9. The highest BCUT2D eigenvalue weighted by Crippen LogP contribution is 2.37. The molecule has 3 aromatic carbocycles. The summed E-state index contributed by atoms with van der Waals surface area (Å²) in [5, 5.41) is 1.91. The van der Waals surface area contributed by atoms with Crippen molar-refractivity contribution in [1.29, 1.82) is 0 Å². The summed E-state index contributed by atoms with van der Waals surface area (Å²) in [6, 6.07) is 13.0. The van der Waals surface area contributed by atoms with E-state index >= 15 is 4.39 Å². The molecule has 0 atom stereocenters. The molecule has 0 fully saturated rings. The second-order valence-corrected chi connectivity index (χ2v) is 6.17. The van der Waals surface area contributed by atoms with Gasteiger partial charge < -0.3 is 0 Å². The quantitative estimate of drug-likeness (QED) is 0.504. The lowest BCUT2D eigenvalue weighted by molar-refractivity contribution is 0.583. The van der Waals surface area contributed by atoms with Gasteiger partial charge in [0, 0.05) is 0 Å². The maximum Gasteiger partial charge on any atom is 0.137 e. The number of hydrogen-bond donors (Lipinski definition) is 0. The molecule has 0 nitrogen and oxygen atoms in total. The van der Waals surface area contributed by atoms with Gasteiger partial charge in [-0.3, -0.25) is 0 Å². The van der Waals surface area contributed by atoms with Crippen molar-refractivity contribution in [3.05, 3.63) is 77.4 Å². The Morgan fingerprint density at radius 3 is 2.38 bits per heavy atom. The van der Waals surface area contributed by atoms with E-state index in [0.717, 1.165) is 22.8 Å². The number of fused-ring (bicyclic) bond motifs is 1. The maximum atomic E-state index is 15.1. The van der Waals surface area contributed by atoms with E-state index in [2.05, 4.69) is 6.58 Å². The fraction of sp³-hybridized carbons (Fsp3) is 0.182. The number of rotatable bonds is 3. The van der Waals surface area contributed by atoms with E-state index in [4.69, 9.17) is 0 Å². The van der Waals surface area contributed by atoms with E-state index in [1.54, 1.807) is 19.9 Å². The van der Waals surface area contributed by atoms with E-state index in [-0.39, 0.29) is 5.56 Å². The van der Waals surface area contributed by atoms with Crippen molar-refractivity contribution in [2.45, 2.75) is 27.2 Å². The summed E-state index contributed by atoms with van der Waals surface area (Å²) in [5.41, 5.74) is 3.36. The molecule has 0 unspecified atom stereocenters. The largest absolute Gasteiger partial charge is 0.206 e. The third kappa shape index (κ3) is 2.52. The lowest BCUT2D eigenvalue weighted by atomic mass is 9.90. The molecule has 2 heteroatoms. The minimum Gasteiger partial charge on any atom is -0.206 e. The standard InChI is InChI=1S/C22H20F2/c1-5-15-8-6-9-16-10-7-11-17(20(15)16)21-19(23)12-18(13(2)3)14(4)22(21)24/h6-12H,2,5H2,1,3-4H3. The lowest BCUT2D eigenvalue weighted by Gasteiger charge is -2.16. The molecule has 3 aromatic rings. The zero-order chi connectivity index (χ0) is 17.4. The van der Waals surface area contributed by atoms with Gasteiger partial charge in [-0.25, -0.2) is 8.78 Å². The predicted molar refractivity (Wildman–Crippen MR) is 98.1 cm³/mol. The Labute approximate surface area is 141 Å². The van der Waals surface area contributed by atoms with Crippen molar-refractivity contribution in [1.82, 2.24) is 0 Å². The van der Waals surface area contributed by atoms with Gasteiger partial charge in [-0.15, -0.1) is 0 Å². The first kappa shape index (κ1) is 16.4. The van der Waals surface area contributed by atoms with Gasteiger partial charge in [-0.1, -0.05) is 55.5 Å². The highest BCUT2D eigenvalue weighted by Gasteiger charge is 2.20. The molecule has 3 rings (SSSR count). The number of halogens is 2. The van der Waals surface area contributed by atoms with Crippen molar-refractivity contribution >= 4 is 16.3 Å². The third-order valence-corrected chi connectivity index (χ3v) is 4.56. The molecule has 122 valence electrons. The van der Waals surface area contributed by atoms with Crippen molar-refractivity contribution in [3.63, 3.8) is 0 Å². The van der Waals surface area contributed by atoms with Crippen LogP contribution in [0.15, 0.2) is 49.0 Å². The summed E-state index contributed by atoms with van der Waals surface area (Å²) >= 11 is 0. The van der Waals surface area contributed by atoms with Crippen molar-refractivity contribution in [2.75, 3.05) is 0 Å². The normalized spacial score (nSPS) is 11.0. The zero-order valence-electron chi connectivity index (χ0n) is 14.2. The number of allylic oxidation sites excluding steroid dienone is 1. The Bertz CT molecular complexity index is 947. The van der Waals surface area contributed by atoms with Crippen LogP contribution in [-0.2, 0) is 6.42 Å². The highest BCUT2D eigenvalue weighted by atomic mass is 19.1. The molecule has 0 aliphatic carbocycles. The van der Waals surface area contributed by atoms with Gasteiger partial charge in [0.2, 0.25) is 0 Å². The molecule has 0 spiro atoms. The van der Waals surface area contributed by atoms with Crippen LogP contribution in [0.4, 0.5) is 8.78 Å². The highest BCUT2D eigenvalue weighted by molar-refractivity contribution is 5.99. The summed E-state index contributed by atoms with van der Waals surface area (Å²) in [5.74, 6) is -1.05. The molecule has 0 bridgehead atoms. The Balaban J connectivity index is 2.41. The molecule has 0 aromatic heterocycles. The van der Waals surface area contributed by atoms with E-state index in [1.165, 1.54) is 6.07 Å². The van der Waals surface area contributed by atoms with Crippen molar-refractivity contribution < 1.29 is 8.78 Å². The number of hydrogen-bond acceptors (Lipinski definition) is 0. The van der Waals surface area contributed by atoms with Crippen LogP contribution in [0.1, 0.15) is 30.5 Å². The number of aryl methyl sites for hydroxylation is 1. The Morgan fingerprint density at radius 2 is 1.75 bits per heavy atom. The summed E-state index contributed by atoms with van der Waals surface area (Å²) in [7, 11) is 0. The maximum absolute atomic E-state index is 15.1. The average molecular weight is 322 g/mol. The van der Waals surface area contributed by atoms with E-state index < -0.39 is 11.6 Å².